The number of nitrogens with one attached hydrogen (secondary N) is 1. The van der Waals surface area contributed by atoms with E-state index in [0.29, 0.717) is 0 Å². The van der Waals surface area contributed by atoms with Crippen LogP contribution in [0, 0.1) is 5.41 Å². The molecule has 0 bridgehead atoms. The Hall–Kier alpha value is -0.570. The first-order valence-electron chi connectivity index (χ1n) is 4.33. The molecule has 1 heterocycles. The normalized spacial score (nSPS) is 11.4. The first-order valence-corrected chi connectivity index (χ1v) is 5.13. The maximum absolute atomic E-state index is 4.22. The van der Waals surface area contributed by atoms with Crippen LogP contribution >= 0.6 is 15.9 Å². The highest BCUT2D eigenvalue weighted by atomic mass is 79.9. The summed E-state index contributed by atoms with van der Waals surface area (Å²) in [5.41, 5.74) is 0.275. The topological polar surface area (TPSA) is 24.9 Å². The number of halogens is 1. The van der Waals surface area contributed by atoms with Crippen molar-refractivity contribution in [3.63, 3.8) is 0 Å². The Morgan fingerprint density at radius 2 is 2.15 bits per heavy atom. The highest BCUT2D eigenvalue weighted by Gasteiger charge is 2.10. The Bertz CT molecular complexity index is 278. The van der Waals surface area contributed by atoms with E-state index in [9.17, 15) is 0 Å². The van der Waals surface area contributed by atoms with Crippen LogP contribution in [-0.4, -0.2) is 11.5 Å². The SMILES string of the molecule is CC(C)(C)CNc1ncccc1Br. The van der Waals surface area contributed by atoms with E-state index in [1.165, 1.54) is 0 Å². The van der Waals surface area contributed by atoms with Crippen LogP contribution < -0.4 is 5.32 Å². The van der Waals surface area contributed by atoms with Crippen molar-refractivity contribution in [3.8, 4) is 0 Å². The second kappa shape index (κ2) is 4.09. The molecule has 0 fully saturated rings. The summed E-state index contributed by atoms with van der Waals surface area (Å²) in [6, 6.07) is 3.89. The second-order valence-corrected chi connectivity index (χ2v) is 5.10. The van der Waals surface area contributed by atoms with Crippen LogP contribution in [0.1, 0.15) is 20.8 Å². The van der Waals surface area contributed by atoms with Gasteiger partial charge >= 0.3 is 0 Å². The van der Waals surface area contributed by atoms with Crippen molar-refractivity contribution < 1.29 is 0 Å². The van der Waals surface area contributed by atoms with E-state index in [1.54, 1.807) is 6.20 Å². The Kier molecular flexibility index (Phi) is 3.31. The first-order chi connectivity index (χ1) is 5.99. The lowest BCUT2D eigenvalue weighted by Gasteiger charge is -2.19. The zero-order valence-electron chi connectivity index (χ0n) is 8.26. The molecule has 0 amide bonds. The number of hydrogen-bond acceptors (Lipinski definition) is 2. The predicted octanol–water partition coefficient (Wildman–Crippen LogP) is 3.30. The van der Waals surface area contributed by atoms with Crippen molar-refractivity contribution in [3.05, 3.63) is 22.8 Å². The van der Waals surface area contributed by atoms with Gasteiger partial charge in [0.05, 0.1) is 4.47 Å². The molecule has 72 valence electrons. The highest BCUT2D eigenvalue weighted by molar-refractivity contribution is 9.10. The Morgan fingerprint density at radius 3 is 2.69 bits per heavy atom. The number of aromatic nitrogens is 1. The molecule has 13 heavy (non-hydrogen) atoms. The maximum atomic E-state index is 4.22. The van der Waals surface area contributed by atoms with Crippen molar-refractivity contribution in [2.45, 2.75) is 20.8 Å². The number of anilines is 1. The average Bonchev–Trinajstić information content (AvgIpc) is 2.01. The first kappa shape index (κ1) is 10.5. The molecular weight excluding hydrogens is 228 g/mol. The second-order valence-electron chi connectivity index (χ2n) is 4.25. The van der Waals surface area contributed by atoms with Crippen LogP contribution in [0.25, 0.3) is 0 Å². The quantitative estimate of drug-likeness (QED) is 0.861. The Balaban J connectivity index is 2.60. The van der Waals surface area contributed by atoms with Crippen LogP contribution in [0.5, 0.6) is 0 Å². The fourth-order valence-corrected chi connectivity index (χ4v) is 1.26. The minimum Gasteiger partial charge on any atom is -0.369 e. The van der Waals surface area contributed by atoms with E-state index >= 15 is 0 Å². The fraction of sp³-hybridized carbons (Fsp3) is 0.500. The van der Waals surface area contributed by atoms with Gasteiger partial charge in [0.25, 0.3) is 0 Å². The van der Waals surface area contributed by atoms with E-state index in [1.807, 2.05) is 12.1 Å². The molecular formula is C10H15BrN2. The van der Waals surface area contributed by atoms with Crippen LogP contribution in [0.15, 0.2) is 22.8 Å². The molecule has 0 saturated carbocycles. The molecule has 0 unspecified atom stereocenters. The van der Waals surface area contributed by atoms with Gasteiger partial charge in [-0.25, -0.2) is 4.98 Å². The molecule has 0 saturated heterocycles. The Labute approximate surface area is 87.9 Å². The van der Waals surface area contributed by atoms with Crippen molar-refractivity contribution in [1.29, 1.82) is 0 Å². The predicted molar refractivity (Wildman–Crippen MR) is 59.9 cm³/mol. The molecule has 0 aliphatic rings. The lowest BCUT2D eigenvalue weighted by atomic mass is 9.97. The highest BCUT2D eigenvalue weighted by Crippen LogP contribution is 2.20. The zero-order chi connectivity index (χ0) is 9.90. The van der Waals surface area contributed by atoms with Gasteiger partial charge in [0.15, 0.2) is 0 Å². The van der Waals surface area contributed by atoms with Crippen LogP contribution in [0.4, 0.5) is 5.82 Å². The van der Waals surface area contributed by atoms with Gasteiger partial charge in [-0.2, -0.15) is 0 Å². The van der Waals surface area contributed by atoms with E-state index in [2.05, 4.69) is 47.0 Å². The lowest BCUT2D eigenvalue weighted by molar-refractivity contribution is 0.442. The van der Waals surface area contributed by atoms with E-state index in [4.69, 9.17) is 0 Å². The van der Waals surface area contributed by atoms with E-state index in [-0.39, 0.29) is 5.41 Å². The molecule has 0 radical (unpaired) electrons. The zero-order valence-corrected chi connectivity index (χ0v) is 9.85. The summed E-state index contributed by atoms with van der Waals surface area (Å²) in [5.74, 6) is 0.914. The lowest BCUT2D eigenvalue weighted by Crippen LogP contribution is -2.19. The number of pyridine rings is 1. The third-order valence-corrected chi connectivity index (χ3v) is 2.18. The van der Waals surface area contributed by atoms with Crippen molar-refractivity contribution >= 4 is 21.7 Å². The summed E-state index contributed by atoms with van der Waals surface area (Å²) in [5, 5.41) is 3.29. The standard InChI is InChI=1S/C10H15BrN2/c1-10(2,3)7-13-9-8(11)5-4-6-12-9/h4-6H,7H2,1-3H3,(H,12,13). The molecule has 1 N–H and O–H groups in total. The molecule has 0 atom stereocenters. The van der Waals surface area contributed by atoms with E-state index < -0.39 is 0 Å². The molecule has 1 aromatic rings. The summed E-state index contributed by atoms with van der Waals surface area (Å²) < 4.78 is 1.01. The number of rotatable bonds is 2. The van der Waals surface area contributed by atoms with Crippen LogP contribution in [0.2, 0.25) is 0 Å². The third-order valence-electron chi connectivity index (χ3n) is 1.54. The average molecular weight is 243 g/mol. The molecule has 1 aromatic heterocycles. The van der Waals surface area contributed by atoms with Crippen molar-refractivity contribution in [2.24, 2.45) is 5.41 Å². The summed E-state index contributed by atoms with van der Waals surface area (Å²) >= 11 is 3.44. The minimum atomic E-state index is 0.275. The van der Waals surface area contributed by atoms with Gasteiger partial charge in [0, 0.05) is 12.7 Å². The molecule has 3 heteroatoms. The smallest absolute Gasteiger partial charge is 0.140 e. The van der Waals surface area contributed by atoms with Gasteiger partial charge in [-0.3, -0.25) is 0 Å². The molecule has 2 nitrogen and oxygen atoms in total. The number of nitrogens with zero attached hydrogens (tertiary/aromatic N) is 1. The van der Waals surface area contributed by atoms with Gasteiger partial charge in [0.2, 0.25) is 0 Å². The van der Waals surface area contributed by atoms with Gasteiger partial charge in [-0.1, -0.05) is 20.8 Å². The molecule has 0 aliphatic carbocycles. The summed E-state index contributed by atoms with van der Waals surface area (Å²) in [7, 11) is 0. The van der Waals surface area contributed by atoms with Gasteiger partial charge < -0.3 is 5.32 Å². The monoisotopic (exact) mass is 242 g/mol. The largest absolute Gasteiger partial charge is 0.369 e. The van der Waals surface area contributed by atoms with Gasteiger partial charge in [0.1, 0.15) is 5.82 Å². The van der Waals surface area contributed by atoms with Crippen LogP contribution in [-0.2, 0) is 0 Å². The number of hydrogen-bond donors (Lipinski definition) is 1. The summed E-state index contributed by atoms with van der Waals surface area (Å²) in [4.78, 5) is 4.22. The third kappa shape index (κ3) is 3.77. The molecule has 0 spiro atoms. The van der Waals surface area contributed by atoms with Crippen molar-refractivity contribution in [2.75, 3.05) is 11.9 Å². The molecule has 0 aromatic carbocycles. The summed E-state index contributed by atoms with van der Waals surface area (Å²) in [6.07, 6.45) is 1.79. The van der Waals surface area contributed by atoms with Crippen molar-refractivity contribution in [1.82, 2.24) is 4.98 Å². The van der Waals surface area contributed by atoms with E-state index in [0.717, 1.165) is 16.8 Å². The minimum absolute atomic E-state index is 0.275. The van der Waals surface area contributed by atoms with Gasteiger partial charge in [-0.05, 0) is 33.5 Å². The van der Waals surface area contributed by atoms with Crippen LogP contribution in [0.3, 0.4) is 0 Å². The summed E-state index contributed by atoms with van der Waals surface area (Å²) in [6.45, 7) is 7.49. The van der Waals surface area contributed by atoms with Gasteiger partial charge in [-0.15, -0.1) is 0 Å². The molecule has 0 aliphatic heterocycles. The fourth-order valence-electron chi connectivity index (χ4n) is 0.865. The molecule has 1 rings (SSSR count). The Morgan fingerprint density at radius 1 is 1.46 bits per heavy atom. The maximum Gasteiger partial charge on any atom is 0.140 e.